The van der Waals surface area contributed by atoms with Gasteiger partial charge in [-0.25, -0.2) is 8.42 Å². The molecule has 0 N–H and O–H groups in total. The number of nitrogens with zero attached hydrogens (tertiary/aromatic N) is 2. The number of hydrogen-bond donors (Lipinski definition) is 0. The summed E-state index contributed by atoms with van der Waals surface area (Å²) in [6, 6.07) is 6.81. The third-order valence-electron chi connectivity index (χ3n) is 3.39. The van der Waals surface area contributed by atoms with Gasteiger partial charge in [0, 0.05) is 35.6 Å². The number of hydrogen-bond acceptors (Lipinski definition) is 6. The number of ketones is 1. The van der Waals surface area contributed by atoms with Crippen molar-refractivity contribution < 1.29 is 13.2 Å². The third-order valence-corrected chi connectivity index (χ3v) is 6.04. The van der Waals surface area contributed by atoms with Gasteiger partial charge < -0.3 is 4.90 Å². The van der Waals surface area contributed by atoms with Crippen LogP contribution in [0.15, 0.2) is 18.2 Å². The number of Topliss-reactive ketones (excluding diaryl/α,β-unsaturated/α-hetero) is 1. The van der Waals surface area contributed by atoms with E-state index in [0.717, 1.165) is 5.75 Å². The Kier molecular flexibility index (Phi) is 4.59. The molecular formula is C14H16N2O3S2. The van der Waals surface area contributed by atoms with Gasteiger partial charge in [0.1, 0.15) is 5.37 Å². The summed E-state index contributed by atoms with van der Waals surface area (Å²) in [5, 5.41) is 8.38. The Morgan fingerprint density at radius 3 is 2.76 bits per heavy atom. The summed E-state index contributed by atoms with van der Waals surface area (Å²) in [5.74, 6) is 1.12. The van der Waals surface area contributed by atoms with E-state index >= 15 is 0 Å². The zero-order chi connectivity index (χ0) is 15.6. The van der Waals surface area contributed by atoms with Crippen LogP contribution >= 0.6 is 11.8 Å². The first-order valence-corrected chi connectivity index (χ1v) is 9.54. The first kappa shape index (κ1) is 15.9. The molecule has 1 fully saturated rings. The Hall–Kier alpha value is -1.52. The Balaban J connectivity index is 2.57. The molecule has 0 amide bonds. The fourth-order valence-corrected chi connectivity index (χ4v) is 5.18. The number of carbonyl (C=O) groups excluding carboxylic acids is 1. The van der Waals surface area contributed by atoms with Crippen molar-refractivity contribution in [3.8, 4) is 6.07 Å². The molecule has 7 heteroatoms. The molecule has 0 bridgehead atoms. The fourth-order valence-electron chi connectivity index (χ4n) is 2.35. The van der Waals surface area contributed by atoms with Gasteiger partial charge in [-0.05, 0) is 25.1 Å². The summed E-state index contributed by atoms with van der Waals surface area (Å²) < 4.78 is 24.0. The van der Waals surface area contributed by atoms with Crippen LogP contribution in [-0.4, -0.2) is 43.9 Å². The molecule has 1 heterocycles. The first-order chi connectivity index (χ1) is 9.84. The molecule has 2 rings (SSSR count). The molecule has 112 valence electrons. The molecule has 0 saturated carbocycles. The van der Waals surface area contributed by atoms with Gasteiger partial charge in [-0.15, -0.1) is 0 Å². The number of thioether (sulfide) groups is 1. The lowest BCUT2D eigenvalue weighted by Gasteiger charge is -2.36. The smallest absolute Gasteiger partial charge is 0.169 e. The van der Waals surface area contributed by atoms with Crippen LogP contribution in [0.1, 0.15) is 22.8 Å². The fraction of sp³-hybridized carbons (Fsp3) is 0.429. The molecule has 0 aliphatic carbocycles. The van der Waals surface area contributed by atoms with Crippen molar-refractivity contribution in [1.29, 1.82) is 5.26 Å². The normalized spacial score (nSPS) is 19.1. The van der Waals surface area contributed by atoms with Gasteiger partial charge in [0.2, 0.25) is 0 Å². The molecule has 1 aromatic carbocycles. The van der Waals surface area contributed by atoms with Crippen molar-refractivity contribution in [2.75, 3.05) is 29.2 Å². The van der Waals surface area contributed by atoms with Crippen LogP contribution in [0.2, 0.25) is 0 Å². The van der Waals surface area contributed by atoms with Crippen molar-refractivity contribution >= 4 is 33.1 Å². The number of sulfone groups is 1. The highest BCUT2D eigenvalue weighted by Crippen LogP contribution is 2.30. The van der Waals surface area contributed by atoms with Gasteiger partial charge in [-0.1, -0.05) is 0 Å². The van der Waals surface area contributed by atoms with Gasteiger partial charge in [0.05, 0.1) is 11.6 Å². The standard InChI is InChI=1S/C14H16N2O3S2/c1-10(17)12-4-3-11(8-15)7-13(12)16-5-6-20-9-14(16)21(2,18)19/h3-4,7,14H,5-6,9H2,1-2H3. The molecule has 1 aliphatic heterocycles. The summed E-state index contributed by atoms with van der Waals surface area (Å²) in [7, 11) is -3.27. The SMILES string of the molecule is CC(=O)c1ccc(C#N)cc1N1CCSCC1S(C)(=O)=O. The van der Waals surface area contributed by atoms with Crippen molar-refractivity contribution in [1.82, 2.24) is 0 Å². The topological polar surface area (TPSA) is 78.2 Å². The highest BCUT2D eigenvalue weighted by atomic mass is 32.2. The van der Waals surface area contributed by atoms with Gasteiger partial charge >= 0.3 is 0 Å². The average Bonchev–Trinajstić information content (AvgIpc) is 2.45. The zero-order valence-electron chi connectivity index (χ0n) is 11.9. The second-order valence-corrected chi connectivity index (χ2v) is 8.31. The molecule has 1 aromatic rings. The lowest BCUT2D eigenvalue weighted by atomic mass is 10.1. The number of benzene rings is 1. The van der Waals surface area contributed by atoms with E-state index in [2.05, 4.69) is 0 Å². The molecular weight excluding hydrogens is 308 g/mol. The minimum atomic E-state index is -3.27. The number of nitriles is 1. The monoisotopic (exact) mass is 324 g/mol. The molecule has 1 atom stereocenters. The highest BCUT2D eigenvalue weighted by Gasteiger charge is 2.32. The van der Waals surface area contributed by atoms with Crippen LogP contribution in [0.5, 0.6) is 0 Å². The molecule has 1 aliphatic rings. The second-order valence-electron chi connectivity index (χ2n) is 4.95. The predicted octanol–water partition coefficient (Wildman–Crippen LogP) is 1.68. The minimum Gasteiger partial charge on any atom is -0.353 e. The maximum absolute atomic E-state index is 12.0. The summed E-state index contributed by atoms with van der Waals surface area (Å²) in [4.78, 5) is 13.5. The average molecular weight is 324 g/mol. The quantitative estimate of drug-likeness (QED) is 0.787. The first-order valence-electron chi connectivity index (χ1n) is 6.43. The summed E-state index contributed by atoms with van der Waals surface area (Å²) in [6.07, 6.45) is 1.21. The summed E-state index contributed by atoms with van der Waals surface area (Å²) >= 11 is 1.58. The Morgan fingerprint density at radius 1 is 1.48 bits per heavy atom. The zero-order valence-corrected chi connectivity index (χ0v) is 13.5. The van der Waals surface area contributed by atoms with E-state index < -0.39 is 15.2 Å². The molecule has 1 saturated heterocycles. The third kappa shape index (κ3) is 3.39. The van der Waals surface area contributed by atoms with Gasteiger partial charge in [0.25, 0.3) is 0 Å². The Morgan fingerprint density at radius 2 is 2.19 bits per heavy atom. The van der Waals surface area contributed by atoms with Crippen LogP contribution < -0.4 is 4.90 Å². The molecule has 0 aromatic heterocycles. The van der Waals surface area contributed by atoms with Crippen molar-refractivity contribution in [2.45, 2.75) is 12.3 Å². The second kappa shape index (κ2) is 6.08. The Labute approximate surface area is 128 Å². The minimum absolute atomic E-state index is 0.139. The van der Waals surface area contributed by atoms with Crippen molar-refractivity contribution in [3.05, 3.63) is 29.3 Å². The van der Waals surface area contributed by atoms with Gasteiger partial charge in [-0.3, -0.25) is 4.79 Å². The summed E-state index contributed by atoms with van der Waals surface area (Å²) in [5.41, 5.74) is 1.41. The number of carbonyl (C=O) groups is 1. The van der Waals surface area contributed by atoms with E-state index in [1.54, 1.807) is 34.9 Å². The highest BCUT2D eigenvalue weighted by molar-refractivity contribution is 8.01. The van der Waals surface area contributed by atoms with Crippen molar-refractivity contribution in [3.63, 3.8) is 0 Å². The maximum Gasteiger partial charge on any atom is 0.169 e. The van der Waals surface area contributed by atoms with Crippen LogP contribution in [0.3, 0.4) is 0 Å². The predicted molar refractivity (Wildman–Crippen MR) is 84.5 cm³/mol. The van der Waals surface area contributed by atoms with Gasteiger partial charge in [0.15, 0.2) is 15.6 Å². The van der Waals surface area contributed by atoms with Gasteiger partial charge in [-0.2, -0.15) is 17.0 Å². The van der Waals surface area contributed by atoms with E-state index in [4.69, 9.17) is 5.26 Å². The van der Waals surface area contributed by atoms with E-state index in [0.29, 0.717) is 29.1 Å². The largest absolute Gasteiger partial charge is 0.353 e. The molecule has 5 nitrogen and oxygen atoms in total. The molecule has 21 heavy (non-hydrogen) atoms. The van der Waals surface area contributed by atoms with E-state index in [9.17, 15) is 13.2 Å². The van der Waals surface area contributed by atoms with E-state index in [1.165, 1.54) is 13.2 Å². The van der Waals surface area contributed by atoms with Crippen LogP contribution in [-0.2, 0) is 9.84 Å². The van der Waals surface area contributed by atoms with E-state index in [1.807, 2.05) is 6.07 Å². The molecule has 0 spiro atoms. The van der Waals surface area contributed by atoms with Crippen LogP contribution in [0.25, 0.3) is 0 Å². The molecule has 1 unspecified atom stereocenters. The van der Waals surface area contributed by atoms with Crippen LogP contribution in [0, 0.1) is 11.3 Å². The number of anilines is 1. The maximum atomic E-state index is 12.0. The lowest BCUT2D eigenvalue weighted by molar-refractivity contribution is 0.101. The molecule has 0 radical (unpaired) electrons. The van der Waals surface area contributed by atoms with E-state index in [-0.39, 0.29) is 5.78 Å². The van der Waals surface area contributed by atoms with Crippen LogP contribution in [0.4, 0.5) is 5.69 Å². The van der Waals surface area contributed by atoms with Crippen molar-refractivity contribution in [2.24, 2.45) is 0 Å². The summed E-state index contributed by atoms with van der Waals surface area (Å²) in [6.45, 7) is 1.98. The Bertz CT molecular complexity index is 707. The number of rotatable bonds is 3. The lowest BCUT2D eigenvalue weighted by Crippen LogP contribution is -2.47.